The molecule has 0 aliphatic heterocycles. The first kappa shape index (κ1) is 13.1. The molecular weight excluding hydrogens is 226 g/mol. The van der Waals surface area contributed by atoms with Gasteiger partial charge in [-0.25, -0.2) is 10.8 Å². The molecule has 0 saturated heterocycles. The molecule has 0 spiro atoms. The number of rotatable bonds is 5. The molecule has 0 fully saturated rings. The van der Waals surface area contributed by atoms with Crippen LogP contribution >= 0.6 is 0 Å². The summed E-state index contributed by atoms with van der Waals surface area (Å²) in [5.41, 5.74) is 2.16. The summed E-state index contributed by atoms with van der Waals surface area (Å²) in [5.74, 6) is 5.76. The van der Waals surface area contributed by atoms with Gasteiger partial charge in [0.05, 0.1) is 29.7 Å². The van der Waals surface area contributed by atoms with E-state index < -0.39 is 4.92 Å². The number of hydrogen-bond donors (Lipinski definition) is 3. The van der Waals surface area contributed by atoms with Gasteiger partial charge in [0.15, 0.2) is 0 Å². The average molecular weight is 241 g/mol. The summed E-state index contributed by atoms with van der Waals surface area (Å²) in [4.78, 5) is 15.9. The van der Waals surface area contributed by atoms with E-state index >= 15 is 0 Å². The largest absolute Gasteiger partial charge is 0.394 e. The predicted octanol–water partition coefficient (Wildman–Crippen LogP) is 0.0924. The molecule has 17 heavy (non-hydrogen) atoms. The standard InChI is InChI=1S/C9H15N5O3/c1-6(5-15)13(2)9-4-7(14(16)17)3-8(11-9)12-10/h3-4,6,15H,5,10H2,1-2H3,(H,11,12). The van der Waals surface area contributed by atoms with Gasteiger partial charge >= 0.3 is 0 Å². The maximum absolute atomic E-state index is 10.7. The SMILES string of the molecule is CC(CO)N(C)c1cc([N+](=O)[O-])cc(NN)n1. The second-order valence-corrected chi connectivity index (χ2v) is 3.61. The van der Waals surface area contributed by atoms with Crippen LogP contribution in [0.15, 0.2) is 12.1 Å². The van der Waals surface area contributed by atoms with E-state index in [4.69, 9.17) is 10.9 Å². The molecule has 1 rings (SSSR count). The first-order chi connectivity index (χ1) is 7.99. The van der Waals surface area contributed by atoms with Crippen LogP contribution in [0.1, 0.15) is 6.92 Å². The monoisotopic (exact) mass is 241 g/mol. The number of nitrogens with zero attached hydrogens (tertiary/aromatic N) is 3. The van der Waals surface area contributed by atoms with Crippen molar-refractivity contribution in [2.24, 2.45) is 5.84 Å². The molecule has 0 aromatic carbocycles. The Hall–Kier alpha value is -1.93. The topological polar surface area (TPSA) is 118 Å². The lowest BCUT2D eigenvalue weighted by Crippen LogP contribution is -2.32. The Kier molecular flexibility index (Phi) is 4.18. The summed E-state index contributed by atoms with van der Waals surface area (Å²) in [7, 11) is 1.69. The van der Waals surface area contributed by atoms with Gasteiger partial charge in [-0.2, -0.15) is 0 Å². The van der Waals surface area contributed by atoms with Crippen LogP contribution in [0.25, 0.3) is 0 Å². The van der Waals surface area contributed by atoms with Crippen molar-refractivity contribution in [1.82, 2.24) is 4.98 Å². The number of aromatic nitrogens is 1. The normalized spacial score (nSPS) is 12.0. The van der Waals surface area contributed by atoms with Crippen molar-refractivity contribution in [3.05, 3.63) is 22.2 Å². The average Bonchev–Trinajstić information content (AvgIpc) is 2.36. The molecule has 0 bridgehead atoms. The van der Waals surface area contributed by atoms with E-state index in [9.17, 15) is 10.1 Å². The van der Waals surface area contributed by atoms with Gasteiger partial charge in [0.25, 0.3) is 5.69 Å². The van der Waals surface area contributed by atoms with Crippen molar-refractivity contribution in [1.29, 1.82) is 0 Å². The minimum absolute atomic E-state index is 0.0771. The Morgan fingerprint density at radius 1 is 1.71 bits per heavy atom. The number of nitrogens with one attached hydrogen (secondary N) is 1. The third kappa shape index (κ3) is 3.02. The minimum atomic E-state index is -0.524. The molecule has 1 atom stereocenters. The van der Waals surface area contributed by atoms with Gasteiger partial charge in [-0.3, -0.25) is 10.1 Å². The Morgan fingerprint density at radius 3 is 2.82 bits per heavy atom. The smallest absolute Gasteiger partial charge is 0.276 e. The molecule has 8 heteroatoms. The number of nitrogens with two attached hydrogens (primary N) is 1. The highest BCUT2D eigenvalue weighted by atomic mass is 16.6. The molecule has 0 aliphatic carbocycles. The lowest BCUT2D eigenvalue weighted by atomic mass is 10.3. The van der Waals surface area contributed by atoms with Crippen LogP contribution in [0.3, 0.4) is 0 Å². The van der Waals surface area contributed by atoms with Crippen molar-refractivity contribution < 1.29 is 10.0 Å². The molecule has 94 valence electrons. The zero-order chi connectivity index (χ0) is 13.0. The summed E-state index contributed by atoms with van der Waals surface area (Å²) in [6.45, 7) is 1.70. The van der Waals surface area contributed by atoms with Gasteiger partial charge in [-0.05, 0) is 6.92 Å². The predicted molar refractivity (Wildman–Crippen MR) is 63.7 cm³/mol. The Labute approximate surface area is 98.2 Å². The quantitative estimate of drug-likeness (QED) is 0.380. The van der Waals surface area contributed by atoms with Crippen molar-refractivity contribution >= 4 is 17.3 Å². The summed E-state index contributed by atoms with van der Waals surface area (Å²) < 4.78 is 0. The van der Waals surface area contributed by atoms with Crippen LogP contribution in [0.4, 0.5) is 17.3 Å². The van der Waals surface area contributed by atoms with Crippen molar-refractivity contribution in [2.75, 3.05) is 24.0 Å². The van der Waals surface area contributed by atoms with Crippen LogP contribution in [-0.2, 0) is 0 Å². The first-order valence-corrected chi connectivity index (χ1v) is 4.96. The molecule has 1 heterocycles. The fraction of sp³-hybridized carbons (Fsp3) is 0.444. The van der Waals surface area contributed by atoms with Crippen LogP contribution in [-0.4, -0.2) is 34.7 Å². The Balaban J connectivity index is 3.14. The fourth-order valence-corrected chi connectivity index (χ4v) is 1.21. The zero-order valence-electron chi connectivity index (χ0n) is 9.62. The van der Waals surface area contributed by atoms with Gasteiger partial charge in [0.1, 0.15) is 11.6 Å². The van der Waals surface area contributed by atoms with E-state index in [1.165, 1.54) is 12.1 Å². The number of nitro groups is 1. The number of hydrazine groups is 1. The number of anilines is 2. The highest BCUT2D eigenvalue weighted by Gasteiger charge is 2.16. The molecule has 4 N–H and O–H groups in total. The van der Waals surface area contributed by atoms with Gasteiger partial charge in [0.2, 0.25) is 0 Å². The second kappa shape index (κ2) is 5.41. The van der Waals surface area contributed by atoms with Gasteiger partial charge in [-0.1, -0.05) is 0 Å². The van der Waals surface area contributed by atoms with Crippen molar-refractivity contribution in [3.63, 3.8) is 0 Å². The van der Waals surface area contributed by atoms with Crippen LogP contribution < -0.4 is 16.2 Å². The number of nitrogen functional groups attached to an aromatic ring is 1. The van der Waals surface area contributed by atoms with E-state index in [1.54, 1.807) is 18.9 Å². The number of aliphatic hydroxyl groups is 1. The molecular formula is C9H15N5O3. The van der Waals surface area contributed by atoms with Crippen LogP contribution in [0.5, 0.6) is 0 Å². The van der Waals surface area contributed by atoms with E-state index in [-0.39, 0.29) is 24.2 Å². The summed E-state index contributed by atoms with van der Waals surface area (Å²) >= 11 is 0. The molecule has 0 radical (unpaired) electrons. The Morgan fingerprint density at radius 2 is 2.35 bits per heavy atom. The maximum Gasteiger partial charge on any atom is 0.276 e. The van der Waals surface area contributed by atoms with Crippen molar-refractivity contribution in [2.45, 2.75) is 13.0 Å². The van der Waals surface area contributed by atoms with E-state index in [2.05, 4.69) is 10.4 Å². The molecule has 8 nitrogen and oxygen atoms in total. The van der Waals surface area contributed by atoms with Gasteiger partial charge < -0.3 is 15.4 Å². The Bertz CT molecular complexity index is 412. The lowest BCUT2D eigenvalue weighted by Gasteiger charge is -2.24. The molecule has 0 aliphatic rings. The van der Waals surface area contributed by atoms with E-state index in [1.807, 2.05) is 0 Å². The minimum Gasteiger partial charge on any atom is -0.394 e. The summed E-state index contributed by atoms with van der Waals surface area (Å²) in [5, 5.41) is 19.8. The third-order valence-electron chi connectivity index (χ3n) is 2.44. The highest BCUT2D eigenvalue weighted by molar-refractivity contribution is 5.55. The molecule has 0 amide bonds. The first-order valence-electron chi connectivity index (χ1n) is 4.96. The van der Waals surface area contributed by atoms with E-state index in [0.717, 1.165) is 0 Å². The number of likely N-dealkylation sites (N-methyl/N-ethyl adjacent to an activating group) is 1. The lowest BCUT2D eigenvalue weighted by molar-refractivity contribution is -0.384. The van der Waals surface area contributed by atoms with Crippen LogP contribution in [0, 0.1) is 10.1 Å². The second-order valence-electron chi connectivity index (χ2n) is 3.61. The molecule has 0 saturated carbocycles. The van der Waals surface area contributed by atoms with Crippen molar-refractivity contribution in [3.8, 4) is 0 Å². The molecule has 1 aromatic rings. The number of pyridine rings is 1. The third-order valence-corrected chi connectivity index (χ3v) is 2.44. The highest BCUT2D eigenvalue weighted by Crippen LogP contribution is 2.23. The van der Waals surface area contributed by atoms with E-state index in [0.29, 0.717) is 5.82 Å². The number of hydrogen-bond acceptors (Lipinski definition) is 7. The number of aliphatic hydroxyl groups excluding tert-OH is 1. The molecule has 1 unspecified atom stereocenters. The summed E-state index contributed by atoms with van der Waals surface area (Å²) in [6.07, 6.45) is 0. The fourth-order valence-electron chi connectivity index (χ4n) is 1.21. The van der Waals surface area contributed by atoms with Gasteiger partial charge in [0, 0.05) is 7.05 Å². The van der Waals surface area contributed by atoms with Gasteiger partial charge in [-0.15, -0.1) is 0 Å². The molecule has 1 aromatic heterocycles. The zero-order valence-corrected chi connectivity index (χ0v) is 9.62. The van der Waals surface area contributed by atoms with Crippen LogP contribution in [0.2, 0.25) is 0 Å². The maximum atomic E-state index is 10.7. The summed E-state index contributed by atoms with van der Waals surface area (Å²) in [6, 6.07) is 2.36.